The summed E-state index contributed by atoms with van der Waals surface area (Å²) in [4.78, 5) is 29.4. The zero-order valence-electron chi connectivity index (χ0n) is 37.0. The van der Waals surface area contributed by atoms with Gasteiger partial charge < -0.3 is 24.8 Å². The monoisotopic (exact) mass is 909 g/mol. The lowest BCUT2D eigenvalue weighted by Gasteiger charge is -2.44. The van der Waals surface area contributed by atoms with Crippen molar-refractivity contribution in [3.8, 4) is 11.1 Å². The molecule has 66 heavy (non-hydrogen) atoms. The van der Waals surface area contributed by atoms with E-state index in [4.69, 9.17) is 9.47 Å². The number of hydrogen-bond donors (Lipinski definition) is 3. The van der Waals surface area contributed by atoms with Crippen molar-refractivity contribution in [2.45, 2.75) is 62.9 Å². The molecule has 8 rings (SSSR count). The number of nitrogens with zero attached hydrogens (tertiary/aromatic N) is 3. The van der Waals surface area contributed by atoms with E-state index < -0.39 is 28.3 Å². The number of non-ortho nitro benzene ring substituents is 1. The highest BCUT2D eigenvalue weighted by molar-refractivity contribution is 7.89. The van der Waals surface area contributed by atoms with Crippen molar-refractivity contribution in [2.75, 3.05) is 37.6 Å². The third-order valence-electron chi connectivity index (χ3n) is 12.6. The maximum absolute atomic E-state index is 13.9. The highest BCUT2D eigenvalue weighted by atomic mass is 32.2. The number of nitrogens with one attached hydrogen (secondary N) is 2. The highest BCUT2D eigenvalue weighted by Crippen LogP contribution is 2.42. The number of carbonyl (C=O) groups excluding carboxylic acids is 1. The van der Waals surface area contributed by atoms with Gasteiger partial charge in [0.25, 0.3) is 5.69 Å². The quantitative estimate of drug-likeness (QED) is 0.0643. The molecule has 0 spiro atoms. The first-order valence-electron chi connectivity index (χ1n) is 22.3. The van der Waals surface area contributed by atoms with Gasteiger partial charge in [0.2, 0.25) is 15.9 Å². The number of sulfonamides is 1. The number of hydrogen-bond acceptors (Lipinski definition) is 10. The number of benzene rings is 6. The van der Waals surface area contributed by atoms with Crippen molar-refractivity contribution in [1.82, 2.24) is 14.9 Å². The molecule has 0 aromatic heterocycles. The van der Waals surface area contributed by atoms with Gasteiger partial charge in [-0.25, -0.2) is 8.42 Å². The van der Waals surface area contributed by atoms with Crippen LogP contribution in [-0.2, 0) is 43.9 Å². The first kappa shape index (κ1) is 46.3. The van der Waals surface area contributed by atoms with Gasteiger partial charge in [0.05, 0.1) is 28.6 Å². The largest absolute Gasteiger partial charge is 0.392 e. The van der Waals surface area contributed by atoms with Crippen LogP contribution in [0.25, 0.3) is 11.1 Å². The predicted octanol–water partition coefficient (Wildman–Crippen LogP) is 7.88. The second-order valence-electron chi connectivity index (χ2n) is 17.1. The fourth-order valence-electron chi connectivity index (χ4n) is 8.65. The molecule has 0 bridgehead atoms. The molecule has 14 heteroatoms. The van der Waals surface area contributed by atoms with Gasteiger partial charge in [0, 0.05) is 68.6 Å². The molecule has 5 atom stereocenters. The summed E-state index contributed by atoms with van der Waals surface area (Å²) in [5.41, 5.74) is 8.16. The minimum atomic E-state index is -4.00. The van der Waals surface area contributed by atoms with Gasteiger partial charge >= 0.3 is 0 Å². The summed E-state index contributed by atoms with van der Waals surface area (Å²) in [6, 6.07) is 45.2. The van der Waals surface area contributed by atoms with Crippen LogP contribution in [0.3, 0.4) is 0 Å². The fraction of sp³-hybridized carbons (Fsp3) is 0.288. The first-order valence-corrected chi connectivity index (χ1v) is 23.7. The molecule has 0 radical (unpaired) electrons. The molecule has 2 aliphatic rings. The third-order valence-corrected chi connectivity index (χ3v) is 14.0. The number of amides is 1. The van der Waals surface area contributed by atoms with E-state index in [1.165, 1.54) is 12.1 Å². The summed E-state index contributed by atoms with van der Waals surface area (Å²) in [6.45, 7) is 8.00. The second kappa shape index (κ2) is 20.9. The Labute approximate surface area is 386 Å². The summed E-state index contributed by atoms with van der Waals surface area (Å²) in [6.07, 6.45) is -0.946. The Hall–Kier alpha value is -6.26. The van der Waals surface area contributed by atoms with Gasteiger partial charge in [0.1, 0.15) is 6.04 Å². The molecular formula is C52H55N5O8S. The Balaban J connectivity index is 0.966. The van der Waals surface area contributed by atoms with Crippen LogP contribution in [-0.4, -0.2) is 74.1 Å². The highest BCUT2D eigenvalue weighted by Gasteiger charge is 2.39. The van der Waals surface area contributed by atoms with Gasteiger partial charge in [-0.05, 0) is 71.0 Å². The number of aliphatic hydroxyl groups is 1. The SMILES string of the molecule is Cc1ccc(S(=O)(=O)NC(Cc2ccccc2)C(=O)NCc2ccccc2-c2ccc(C3OC(CN4CCN(c5ccc([N+](=O)[O-])cc5)CC4)C(C)C(c4ccc(CO)cc4)O3)cc2)cc1. The van der Waals surface area contributed by atoms with Crippen molar-refractivity contribution >= 4 is 27.3 Å². The molecule has 5 unspecified atom stereocenters. The van der Waals surface area contributed by atoms with Crippen LogP contribution in [0, 0.1) is 23.0 Å². The van der Waals surface area contributed by atoms with Crippen molar-refractivity contribution < 1.29 is 32.7 Å². The summed E-state index contributed by atoms with van der Waals surface area (Å²) in [5.74, 6) is -0.442. The average molecular weight is 910 g/mol. The fourth-order valence-corrected chi connectivity index (χ4v) is 9.84. The van der Waals surface area contributed by atoms with Crippen LogP contribution in [0.2, 0.25) is 0 Å². The number of nitro benzene ring substituents is 1. The molecule has 6 aromatic carbocycles. The minimum absolute atomic E-state index is 0.000457. The topological polar surface area (TPSA) is 164 Å². The second-order valence-corrected chi connectivity index (χ2v) is 18.8. The Kier molecular flexibility index (Phi) is 14.7. The van der Waals surface area contributed by atoms with Crippen LogP contribution >= 0.6 is 0 Å². The van der Waals surface area contributed by atoms with Crippen LogP contribution < -0.4 is 14.9 Å². The first-order chi connectivity index (χ1) is 31.9. The van der Waals surface area contributed by atoms with E-state index in [2.05, 4.69) is 26.8 Å². The Morgan fingerprint density at radius 3 is 2.11 bits per heavy atom. The molecule has 13 nitrogen and oxygen atoms in total. The lowest BCUT2D eigenvalue weighted by atomic mass is 9.89. The maximum atomic E-state index is 13.9. The number of ether oxygens (including phenoxy) is 2. The van der Waals surface area contributed by atoms with Crippen LogP contribution in [0.5, 0.6) is 0 Å². The zero-order chi connectivity index (χ0) is 46.2. The number of aryl methyl sites for hydroxylation is 1. The van der Waals surface area contributed by atoms with E-state index in [1.807, 2.05) is 122 Å². The number of piperazine rings is 1. The Morgan fingerprint density at radius 1 is 0.788 bits per heavy atom. The molecule has 2 fully saturated rings. The van der Waals surface area contributed by atoms with E-state index in [-0.39, 0.29) is 53.2 Å². The molecule has 342 valence electrons. The average Bonchev–Trinajstić information content (AvgIpc) is 3.34. The lowest BCUT2D eigenvalue weighted by molar-refractivity contribution is -0.384. The molecule has 6 aromatic rings. The van der Waals surface area contributed by atoms with Crippen molar-refractivity contribution in [3.63, 3.8) is 0 Å². The van der Waals surface area contributed by atoms with E-state index in [1.54, 1.807) is 24.3 Å². The van der Waals surface area contributed by atoms with Crippen LogP contribution in [0.4, 0.5) is 11.4 Å². The van der Waals surface area contributed by atoms with Crippen LogP contribution in [0.1, 0.15) is 52.7 Å². The smallest absolute Gasteiger partial charge is 0.269 e. The summed E-state index contributed by atoms with van der Waals surface area (Å²) in [5, 5.41) is 23.9. The van der Waals surface area contributed by atoms with Gasteiger partial charge in [-0.2, -0.15) is 4.72 Å². The predicted molar refractivity (Wildman–Crippen MR) is 254 cm³/mol. The molecule has 2 saturated heterocycles. The summed E-state index contributed by atoms with van der Waals surface area (Å²) in [7, 11) is -4.00. The lowest BCUT2D eigenvalue weighted by Crippen LogP contribution is -2.51. The van der Waals surface area contributed by atoms with E-state index in [9.17, 15) is 28.4 Å². The number of aliphatic hydroxyl groups excluding tert-OH is 1. The molecule has 0 aliphatic carbocycles. The number of rotatable bonds is 16. The Bertz CT molecular complexity index is 2680. The van der Waals surface area contributed by atoms with Gasteiger partial charge in [-0.1, -0.05) is 128 Å². The number of carbonyl (C=O) groups is 1. The normalized spacial score (nSPS) is 19.5. The zero-order valence-corrected chi connectivity index (χ0v) is 37.8. The van der Waals surface area contributed by atoms with E-state index >= 15 is 0 Å². The van der Waals surface area contributed by atoms with E-state index in [0.29, 0.717) is 6.54 Å². The Morgan fingerprint density at radius 2 is 1.44 bits per heavy atom. The van der Waals surface area contributed by atoms with Gasteiger partial charge in [-0.3, -0.25) is 19.8 Å². The molecule has 2 aliphatic heterocycles. The third kappa shape index (κ3) is 11.2. The van der Waals surface area contributed by atoms with Crippen molar-refractivity contribution in [2.24, 2.45) is 5.92 Å². The summed E-state index contributed by atoms with van der Waals surface area (Å²) < 4.78 is 43.2. The number of nitro groups is 1. The summed E-state index contributed by atoms with van der Waals surface area (Å²) >= 11 is 0. The molecule has 1 amide bonds. The molecular weight excluding hydrogens is 855 g/mol. The van der Waals surface area contributed by atoms with Gasteiger partial charge in [-0.15, -0.1) is 0 Å². The molecule has 0 saturated carbocycles. The van der Waals surface area contributed by atoms with Crippen molar-refractivity contribution in [3.05, 3.63) is 195 Å². The number of anilines is 1. The molecule has 2 heterocycles. The maximum Gasteiger partial charge on any atom is 0.269 e. The van der Waals surface area contributed by atoms with E-state index in [0.717, 1.165) is 76.4 Å². The standard InChI is InChI=1S/C52H55N5O8S/c1-36-12-26-46(27-13-36)66(62,63)54-48(32-38-8-4-3-5-9-38)51(59)53-33-43-10-6-7-11-47(43)40-18-20-42(21-19-40)52-64-49(37(2)50(65-52)41-16-14-39(35-58)15-17-41)34-55-28-30-56(31-29-55)44-22-24-45(25-23-44)57(60)61/h3-27,37,48-50,52,54,58H,28-35H2,1-2H3,(H,53,59). The van der Waals surface area contributed by atoms with Gasteiger partial charge in [0.15, 0.2) is 6.29 Å². The molecule has 3 N–H and O–H groups in total. The van der Waals surface area contributed by atoms with Crippen molar-refractivity contribution in [1.29, 1.82) is 0 Å². The van der Waals surface area contributed by atoms with Crippen LogP contribution in [0.15, 0.2) is 157 Å². The minimum Gasteiger partial charge on any atom is -0.392 e.